The Labute approximate surface area is 101 Å². The molecule has 1 aliphatic rings. The second-order valence-electron chi connectivity index (χ2n) is 5.06. The molecule has 0 saturated heterocycles. The number of rotatable bonds is 3. The summed E-state index contributed by atoms with van der Waals surface area (Å²) in [7, 11) is 1.72. The zero-order chi connectivity index (χ0) is 12.0. The van der Waals surface area contributed by atoms with Crippen LogP contribution in [-0.4, -0.2) is 18.1 Å². The zero-order valence-corrected chi connectivity index (χ0v) is 10.3. The lowest BCUT2D eigenvalue weighted by molar-refractivity contribution is 0.418. The van der Waals surface area contributed by atoms with E-state index in [0.717, 1.165) is 16.7 Å². The molecule has 1 aromatic carbocycles. The van der Waals surface area contributed by atoms with Crippen molar-refractivity contribution in [2.45, 2.75) is 31.2 Å². The summed E-state index contributed by atoms with van der Waals surface area (Å²) in [4.78, 5) is 3.25. The molecule has 1 atom stereocenters. The Bertz CT molecular complexity index is 552. The first-order chi connectivity index (χ1) is 8.17. The minimum Gasteiger partial charge on any atom is -0.496 e. The van der Waals surface area contributed by atoms with Crippen LogP contribution in [0.2, 0.25) is 0 Å². The molecule has 0 spiro atoms. The van der Waals surface area contributed by atoms with Gasteiger partial charge in [-0.15, -0.1) is 0 Å². The predicted octanol–water partition coefficient (Wildman–Crippen LogP) is 2.56. The third-order valence-corrected chi connectivity index (χ3v) is 4.09. The molecule has 1 fully saturated rings. The molecule has 2 aromatic rings. The Morgan fingerprint density at radius 2 is 2.18 bits per heavy atom. The molecule has 0 aliphatic heterocycles. The second-order valence-corrected chi connectivity index (χ2v) is 5.06. The molecule has 3 nitrogen and oxygen atoms in total. The van der Waals surface area contributed by atoms with Crippen molar-refractivity contribution in [3.05, 3.63) is 30.0 Å². The van der Waals surface area contributed by atoms with Crippen molar-refractivity contribution >= 4 is 10.9 Å². The van der Waals surface area contributed by atoms with E-state index in [1.807, 2.05) is 12.3 Å². The Morgan fingerprint density at radius 1 is 1.41 bits per heavy atom. The Hall–Kier alpha value is -1.48. The van der Waals surface area contributed by atoms with Gasteiger partial charge in [-0.2, -0.15) is 0 Å². The molecule has 17 heavy (non-hydrogen) atoms. The number of methoxy groups -OCH3 is 1. The van der Waals surface area contributed by atoms with Crippen molar-refractivity contribution in [1.29, 1.82) is 0 Å². The molecule has 1 heterocycles. The van der Waals surface area contributed by atoms with Crippen LogP contribution in [-0.2, 0) is 5.41 Å². The van der Waals surface area contributed by atoms with Crippen LogP contribution in [0.1, 0.15) is 25.3 Å². The van der Waals surface area contributed by atoms with Crippen LogP contribution in [0.5, 0.6) is 5.75 Å². The lowest BCUT2D eigenvalue weighted by Crippen LogP contribution is -2.31. The highest BCUT2D eigenvalue weighted by Crippen LogP contribution is 2.51. The average molecular weight is 230 g/mol. The summed E-state index contributed by atoms with van der Waals surface area (Å²) in [5.74, 6) is 0.936. The maximum atomic E-state index is 6.12. The number of aromatic nitrogens is 1. The minimum atomic E-state index is 0.173. The fourth-order valence-corrected chi connectivity index (χ4v) is 2.73. The average Bonchev–Trinajstić information content (AvgIpc) is 3.01. The molecule has 1 saturated carbocycles. The zero-order valence-electron chi connectivity index (χ0n) is 10.3. The number of fused-ring (bicyclic) bond motifs is 1. The fraction of sp³-hybridized carbons (Fsp3) is 0.429. The minimum absolute atomic E-state index is 0.173. The first kappa shape index (κ1) is 10.7. The number of hydrogen-bond donors (Lipinski definition) is 2. The van der Waals surface area contributed by atoms with E-state index in [9.17, 15) is 0 Å². The van der Waals surface area contributed by atoms with Crippen LogP contribution < -0.4 is 10.5 Å². The monoisotopic (exact) mass is 230 g/mol. The molecule has 3 N–H and O–H groups in total. The number of nitrogens with one attached hydrogen (secondary N) is 1. The number of aromatic amines is 1. The van der Waals surface area contributed by atoms with E-state index < -0.39 is 0 Å². The van der Waals surface area contributed by atoms with E-state index in [0.29, 0.717) is 0 Å². The van der Waals surface area contributed by atoms with Gasteiger partial charge in [0.15, 0.2) is 0 Å². The highest BCUT2D eigenvalue weighted by molar-refractivity contribution is 5.87. The van der Waals surface area contributed by atoms with Crippen LogP contribution in [0, 0.1) is 0 Å². The van der Waals surface area contributed by atoms with Crippen molar-refractivity contribution in [3.63, 3.8) is 0 Å². The van der Waals surface area contributed by atoms with E-state index in [-0.39, 0.29) is 11.5 Å². The Balaban J connectivity index is 2.18. The lowest BCUT2D eigenvalue weighted by Gasteiger charge is -2.21. The molecule has 0 radical (unpaired) electrons. The van der Waals surface area contributed by atoms with Crippen LogP contribution in [0.4, 0.5) is 0 Å². The van der Waals surface area contributed by atoms with Gasteiger partial charge in [-0.05, 0) is 43.5 Å². The molecule has 0 bridgehead atoms. The number of ether oxygens (including phenoxy) is 1. The van der Waals surface area contributed by atoms with Crippen molar-refractivity contribution < 1.29 is 4.74 Å². The van der Waals surface area contributed by atoms with E-state index in [1.165, 1.54) is 18.4 Å². The fourth-order valence-electron chi connectivity index (χ4n) is 2.73. The molecule has 0 amide bonds. The van der Waals surface area contributed by atoms with Crippen molar-refractivity contribution in [2.75, 3.05) is 7.11 Å². The van der Waals surface area contributed by atoms with Gasteiger partial charge in [0.1, 0.15) is 5.75 Å². The maximum Gasteiger partial charge on any atom is 0.128 e. The Morgan fingerprint density at radius 3 is 2.76 bits per heavy atom. The molecule has 1 aromatic heterocycles. The highest BCUT2D eigenvalue weighted by Gasteiger charge is 2.47. The third-order valence-electron chi connectivity index (χ3n) is 4.09. The van der Waals surface area contributed by atoms with E-state index >= 15 is 0 Å². The smallest absolute Gasteiger partial charge is 0.128 e. The predicted molar refractivity (Wildman–Crippen MR) is 69.4 cm³/mol. The molecule has 1 aliphatic carbocycles. The lowest BCUT2D eigenvalue weighted by atomic mass is 9.89. The summed E-state index contributed by atoms with van der Waals surface area (Å²) < 4.78 is 5.47. The SMILES string of the molecule is COc1cc(C2(C(C)N)CC2)cc2[nH]ccc12. The van der Waals surface area contributed by atoms with Gasteiger partial charge in [0.25, 0.3) is 0 Å². The quantitative estimate of drug-likeness (QED) is 0.851. The summed E-state index contributed by atoms with van der Waals surface area (Å²) in [5, 5.41) is 1.14. The summed E-state index contributed by atoms with van der Waals surface area (Å²) in [6.45, 7) is 2.10. The molecule has 90 valence electrons. The number of benzene rings is 1. The second kappa shape index (κ2) is 3.50. The first-order valence-corrected chi connectivity index (χ1v) is 6.08. The number of H-pyrrole nitrogens is 1. The summed E-state index contributed by atoms with van der Waals surface area (Å²) >= 11 is 0. The maximum absolute atomic E-state index is 6.12. The van der Waals surface area contributed by atoms with Crippen molar-refractivity contribution in [2.24, 2.45) is 5.73 Å². The van der Waals surface area contributed by atoms with E-state index in [2.05, 4.69) is 24.0 Å². The van der Waals surface area contributed by atoms with Crippen LogP contribution in [0.25, 0.3) is 10.9 Å². The summed E-state index contributed by atoms with van der Waals surface area (Å²) in [6.07, 6.45) is 4.31. The van der Waals surface area contributed by atoms with Crippen LogP contribution in [0.3, 0.4) is 0 Å². The van der Waals surface area contributed by atoms with Gasteiger partial charge in [0, 0.05) is 28.6 Å². The first-order valence-electron chi connectivity index (χ1n) is 6.08. The normalized spacial score (nSPS) is 19.2. The molecule has 3 rings (SSSR count). The van der Waals surface area contributed by atoms with Crippen LogP contribution >= 0.6 is 0 Å². The van der Waals surface area contributed by atoms with Crippen molar-refractivity contribution in [3.8, 4) is 5.75 Å². The van der Waals surface area contributed by atoms with Gasteiger partial charge in [0.05, 0.1) is 7.11 Å². The number of hydrogen-bond acceptors (Lipinski definition) is 2. The largest absolute Gasteiger partial charge is 0.496 e. The third kappa shape index (κ3) is 1.46. The van der Waals surface area contributed by atoms with Gasteiger partial charge in [-0.25, -0.2) is 0 Å². The molecular formula is C14H18N2O. The molecule has 1 unspecified atom stereocenters. The number of nitrogens with two attached hydrogens (primary N) is 1. The van der Waals surface area contributed by atoms with Crippen molar-refractivity contribution in [1.82, 2.24) is 4.98 Å². The topological polar surface area (TPSA) is 51.0 Å². The summed E-state index contributed by atoms with van der Waals surface area (Å²) in [6, 6.07) is 6.60. The molecular weight excluding hydrogens is 212 g/mol. The van der Waals surface area contributed by atoms with Crippen LogP contribution in [0.15, 0.2) is 24.4 Å². The highest BCUT2D eigenvalue weighted by atomic mass is 16.5. The van der Waals surface area contributed by atoms with Gasteiger partial charge in [0.2, 0.25) is 0 Å². The van der Waals surface area contributed by atoms with Gasteiger partial charge < -0.3 is 15.5 Å². The van der Waals surface area contributed by atoms with Gasteiger partial charge >= 0.3 is 0 Å². The summed E-state index contributed by atoms with van der Waals surface area (Å²) in [5.41, 5.74) is 8.73. The van der Waals surface area contributed by atoms with Gasteiger partial charge in [-0.3, -0.25) is 0 Å². The van der Waals surface area contributed by atoms with E-state index in [1.54, 1.807) is 7.11 Å². The molecule has 3 heteroatoms. The Kier molecular flexibility index (Phi) is 2.20. The van der Waals surface area contributed by atoms with E-state index in [4.69, 9.17) is 10.5 Å². The van der Waals surface area contributed by atoms with Gasteiger partial charge in [-0.1, -0.05) is 0 Å². The standard InChI is InChI=1S/C14H18N2O/c1-9(15)14(4-5-14)10-7-12-11(3-6-16-12)13(8-10)17-2/h3,6-9,16H,4-5,15H2,1-2H3.